The second-order valence-corrected chi connectivity index (χ2v) is 6.81. The molecule has 0 bridgehead atoms. The number of rotatable bonds is 5. The lowest BCUT2D eigenvalue weighted by molar-refractivity contribution is -0.165. The van der Waals surface area contributed by atoms with Crippen molar-refractivity contribution < 1.29 is 38.1 Å². The van der Waals surface area contributed by atoms with Crippen LogP contribution in [-0.2, 0) is 38.1 Å². The van der Waals surface area contributed by atoms with Crippen LogP contribution in [0.15, 0.2) is 46.7 Å². The van der Waals surface area contributed by atoms with Crippen LogP contribution >= 0.6 is 0 Å². The van der Waals surface area contributed by atoms with Gasteiger partial charge in [0.15, 0.2) is 18.0 Å². The van der Waals surface area contributed by atoms with Gasteiger partial charge in [0.25, 0.3) is 0 Å². The van der Waals surface area contributed by atoms with E-state index in [9.17, 15) is 19.2 Å². The number of nitrogens with two attached hydrogens (primary N) is 1. The summed E-state index contributed by atoms with van der Waals surface area (Å²) >= 11 is 0. The summed E-state index contributed by atoms with van der Waals surface area (Å²) in [4.78, 5) is 46.8. The number of fused-ring (bicyclic) bond motifs is 1. The Kier molecular flexibility index (Phi) is 5.69. The number of hydrogen-bond donors (Lipinski definition) is 1. The summed E-state index contributed by atoms with van der Waals surface area (Å²) in [5.74, 6) is -2.00. The van der Waals surface area contributed by atoms with Crippen LogP contribution in [0.2, 0.25) is 0 Å². The van der Waals surface area contributed by atoms with E-state index in [2.05, 4.69) is 0 Å². The van der Waals surface area contributed by atoms with Crippen molar-refractivity contribution in [3.05, 3.63) is 46.7 Å². The highest BCUT2D eigenvalue weighted by Crippen LogP contribution is 2.40. The highest BCUT2D eigenvalue weighted by Gasteiger charge is 2.52. The van der Waals surface area contributed by atoms with Gasteiger partial charge >= 0.3 is 17.9 Å². The lowest BCUT2D eigenvalue weighted by Crippen LogP contribution is -2.41. The molecule has 1 saturated heterocycles. The molecule has 0 radical (unpaired) electrons. The van der Waals surface area contributed by atoms with Crippen LogP contribution in [0.4, 0.5) is 0 Å². The molecular weight excluding hydrogens is 382 g/mol. The molecule has 0 spiro atoms. The molecule has 2 aliphatic carbocycles. The van der Waals surface area contributed by atoms with Crippen molar-refractivity contribution in [2.24, 2.45) is 5.73 Å². The number of ether oxygens (including phenoxy) is 4. The fourth-order valence-corrected chi connectivity index (χ4v) is 3.54. The Morgan fingerprint density at radius 3 is 2.24 bits per heavy atom. The average molecular weight is 403 g/mol. The molecule has 29 heavy (non-hydrogen) atoms. The van der Waals surface area contributed by atoms with Gasteiger partial charge in [0.1, 0.15) is 18.8 Å². The van der Waals surface area contributed by atoms with Gasteiger partial charge in [0.2, 0.25) is 0 Å². The molecule has 1 heterocycles. The highest BCUT2D eigenvalue weighted by atomic mass is 16.6. The quantitative estimate of drug-likeness (QED) is 0.512. The van der Waals surface area contributed by atoms with Crippen molar-refractivity contribution in [1.82, 2.24) is 0 Å². The predicted molar refractivity (Wildman–Crippen MR) is 97.9 cm³/mol. The third-order valence-corrected chi connectivity index (χ3v) is 4.58. The van der Waals surface area contributed by atoms with E-state index < -0.39 is 42.3 Å². The van der Waals surface area contributed by atoms with Gasteiger partial charge in [-0.3, -0.25) is 19.2 Å². The molecule has 9 heteroatoms. The minimum Gasteiger partial charge on any atom is -0.463 e. The minimum absolute atomic E-state index is 0.199. The first kappa shape index (κ1) is 20.5. The van der Waals surface area contributed by atoms with E-state index >= 15 is 0 Å². The van der Waals surface area contributed by atoms with Crippen LogP contribution in [0.3, 0.4) is 0 Å². The van der Waals surface area contributed by atoms with Crippen molar-refractivity contribution in [3.8, 4) is 0 Å². The summed E-state index contributed by atoms with van der Waals surface area (Å²) in [6, 6.07) is 0. The fourth-order valence-electron chi connectivity index (χ4n) is 3.54. The maximum absolute atomic E-state index is 12.2. The lowest BCUT2D eigenvalue weighted by atomic mass is 9.89. The Bertz CT molecular complexity index is 894. The SMILES string of the molecule is CC(=O)OC[C@H]1O[C@@H](C2=CC=C3C(=O)C=C(N)C=C32)[C@H](OC(C)=O)[C@@H]1OC(C)=O. The molecule has 0 aromatic rings. The van der Waals surface area contributed by atoms with Gasteiger partial charge in [0.05, 0.1) is 0 Å². The molecule has 2 N–H and O–H groups in total. The minimum atomic E-state index is -1.00. The fraction of sp³-hybridized carbons (Fsp3) is 0.400. The molecule has 9 nitrogen and oxygen atoms in total. The zero-order valence-corrected chi connectivity index (χ0v) is 16.2. The summed E-state index contributed by atoms with van der Waals surface area (Å²) in [6.45, 7) is 3.47. The Hall–Kier alpha value is -3.20. The molecule has 0 unspecified atom stereocenters. The molecule has 1 aliphatic heterocycles. The molecule has 4 atom stereocenters. The number of carbonyl (C=O) groups is 4. The van der Waals surface area contributed by atoms with Gasteiger partial charge in [0, 0.05) is 38.1 Å². The standard InChI is InChI=1S/C20H21NO8/c1-9(22)26-8-17-19(27-10(2)23)20(28-11(3)24)18(29-17)14-5-4-13-15(14)6-12(21)7-16(13)25/h4-7,17-20H,8,21H2,1-3H3/t17-,18+,19-,20+/m1/s1. The predicted octanol–water partition coefficient (Wildman–Crippen LogP) is 0.398. The van der Waals surface area contributed by atoms with Crippen molar-refractivity contribution in [1.29, 1.82) is 0 Å². The summed E-state index contributed by atoms with van der Waals surface area (Å²) in [5.41, 5.74) is 7.64. The van der Waals surface area contributed by atoms with Gasteiger partial charge in [-0.15, -0.1) is 0 Å². The molecule has 0 amide bonds. The highest BCUT2D eigenvalue weighted by molar-refractivity contribution is 6.11. The van der Waals surface area contributed by atoms with Gasteiger partial charge in [-0.25, -0.2) is 0 Å². The molecule has 0 aromatic carbocycles. The Morgan fingerprint density at radius 2 is 1.62 bits per heavy atom. The van der Waals surface area contributed by atoms with Crippen LogP contribution in [0.1, 0.15) is 20.8 Å². The lowest BCUT2D eigenvalue weighted by Gasteiger charge is -2.25. The molecule has 3 rings (SSSR count). The van der Waals surface area contributed by atoms with Crippen LogP contribution in [-0.4, -0.2) is 54.7 Å². The van der Waals surface area contributed by atoms with E-state index in [1.165, 1.54) is 26.8 Å². The van der Waals surface area contributed by atoms with Crippen molar-refractivity contribution in [3.63, 3.8) is 0 Å². The number of carbonyl (C=O) groups excluding carboxylic acids is 4. The zero-order chi connectivity index (χ0) is 21.3. The molecule has 1 fully saturated rings. The number of allylic oxidation sites excluding steroid dienone is 5. The van der Waals surface area contributed by atoms with E-state index in [-0.39, 0.29) is 18.1 Å². The summed E-state index contributed by atoms with van der Waals surface area (Å²) in [7, 11) is 0. The van der Waals surface area contributed by atoms with E-state index in [0.29, 0.717) is 16.7 Å². The zero-order valence-electron chi connectivity index (χ0n) is 16.2. The second kappa shape index (κ2) is 8.04. The van der Waals surface area contributed by atoms with Gasteiger partial charge in [-0.1, -0.05) is 12.2 Å². The third kappa shape index (κ3) is 4.29. The van der Waals surface area contributed by atoms with Gasteiger partial charge < -0.3 is 24.7 Å². The van der Waals surface area contributed by atoms with Gasteiger partial charge in [-0.05, 0) is 17.2 Å². The topological polar surface area (TPSA) is 131 Å². The number of ketones is 1. The smallest absolute Gasteiger partial charge is 0.303 e. The monoisotopic (exact) mass is 403 g/mol. The molecule has 0 aromatic heterocycles. The first-order chi connectivity index (χ1) is 13.7. The Balaban J connectivity index is 1.94. The first-order valence-corrected chi connectivity index (χ1v) is 8.96. The summed E-state index contributed by atoms with van der Waals surface area (Å²) in [6.07, 6.45) is 2.51. The van der Waals surface area contributed by atoms with Crippen LogP contribution in [0.25, 0.3) is 0 Å². The van der Waals surface area contributed by atoms with E-state index in [1.807, 2.05) is 0 Å². The van der Waals surface area contributed by atoms with Crippen LogP contribution in [0, 0.1) is 0 Å². The summed E-state index contributed by atoms with van der Waals surface area (Å²) in [5, 5.41) is 0. The van der Waals surface area contributed by atoms with Crippen molar-refractivity contribution in [2.75, 3.05) is 6.61 Å². The molecular formula is C20H21NO8. The first-order valence-electron chi connectivity index (χ1n) is 8.96. The molecule has 154 valence electrons. The normalized spacial score (nSPS) is 27.9. The van der Waals surface area contributed by atoms with E-state index in [4.69, 9.17) is 24.7 Å². The third-order valence-electron chi connectivity index (χ3n) is 4.58. The summed E-state index contributed by atoms with van der Waals surface area (Å²) < 4.78 is 21.8. The van der Waals surface area contributed by atoms with Crippen molar-refractivity contribution >= 4 is 23.7 Å². The Morgan fingerprint density at radius 1 is 0.966 bits per heavy atom. The average Bonchev–Trinajstić information content (AvgIpc) is 3.15. The number of esters is 3. The Labute approximate surface area is 166 Å². The maximum Gasteiger partial charge on any atom is 0.303 e. The van der Waals surface area contributed by atoms with Crippen molar-refractivity contribution in [2.45, 2.75) is 45.2 Å². The second-order valence-electron chi connectivity index (χ2n) is 6.81. The number of hydrogen-bond acceptors (Lipinski definition) is 9. The molecule has 3 aliphatic rings. The maximum atomic E-state index is 12.2. The van der Waals surface area contributed by atoms with Crippen LogP contribution in [0.5, 0.6) is 0 Å². The van der Waals surface area contributed by atoms with Gasteiger partial charge in [-0.2, -0.15) is 0 Å². The van der Waals surface area contributed by atoms with E-state index in [0.717, 1.165) is 0 Å². The largest absolute Gasteiger partial charge is 0.463 e. The molecule has 0 saturated carbocycles. The van der Waals surface area contributed by atoms with Crippen LogP contribution < -0.4 is 5.73 Å². The van der Waals surface area contributed by atoms with E-state index in [1.54, 1.807) is 18.2 Å².